The van der Waals surface area contributed by atoms with Crippen molar-refractivity contribution >= 4 is 61.8 Å². The van der Waals surface area contributed by atoms with E-state index in [9.17, 15) is 15.5 Å². The van der Waals surface area contributed by atoms with E-state index in [-0.39, 0.29) is 34.4 Å². The number of methoxy groups -OCH3 is 2. The van der Waals surface area contributed by atoms with Gasteiger partial charge in [0, 0.05) is 5.56 Å². The number of hydrogen-bond acceptors (Lipinski definition) is 11. The molecule has 0 aliphatic rings. The van der Waals surface area contributed by atoms with Gasteiger partial charge in [-0.3, -0.25) is 8.80 Å². The van der Waals surface area contributed by atoms with Crippen LogP contribution in [0.25, 0.3) is 49.3 Å². The van der Waals surface area contributed by atoms with Gasteiger partial charge in [0.05, 0.1) is 42.9 Å². The molecule has 262 valence electrons. The summed E-state index contributed by atoms with van der Waals surface area (Å²) in [5.74, 6) is 0.456. The average molecular weight is 713 g/mol. The van der Waals surface area contributed by atoms with E-state index in [1.807, 2.05) is 54.6 Å². The largest absolute Gasteiger partial charge is 0.494 e. The van der Waals surface area contributed by atoms with Crippen LogP contribution in [0.5, 0.6) is 23.3 Å². The first-order valence-corrected chi connectivity index (χ1v) is 16.5. The van der Waals surface area contributed by atoms with Gasteiger partial charge in [-0.05, 0) is 79.1 Å². The molecule has 0 atom stereocenters. The molecular weight excluding hydrogens is 685 g/mol. The Bertz CT molecular complexity index is 2800. The maximum Gasteiger partial charge on any atom is 0.234 e. The third-order valence-corrected chi connectivity index (χ3v) is 9.28. The molecule has 0 aliphatic heterocycles. The number of pyridine rings is 2. The van der Waals surface area contributed by atoms with E-state index in [0.29, 0.717) is 67.4 Å². The molecule has 0 bridgehead atoms. The fourth-order valence-corrected chi connectivity index (χ4v) is 6.51. The van der Waals surface area contributed by atoms with E-state index in [1.165, 1.54) is 23.0 Å². The Hall–Kier alpha value is -7.84. The number of nitrogens with zero attached hydrogens (tertiary/aromatic N) is 10. The number of rotatable bonds is 7. The van der Waals surface area contributed by atoms with Gasteiger partial charge in [0.1, 0.15) is 45.8 Å². The van der Waals surface area contributed by atoms with Gasteiger partial charge in [-0.2, -0.15) is 5.26 Å². The Morgan fingerprint density at radius 3 is 1.67 bits per heavy atom. The SMILES string of the molecule is [C-]#[N+]c1c(C)c(N=Nc2ccc(-c3ccc(N=Nc4c(C)c(C#N)c5nc6ccccc6n5c4O)c(OC)c3)cc2OC)c(O)n2c1nc1ccccc12. The van der Waals surface area contributed by atoms with Crippen LogP contribution < -0.4 is 9.47 Å². The van der Waals surface area contributed by atoms with Crippen molar-refractivity contribution in [3.8, 4) is 40.5 Å². The van der Waals surface area contributed by atoms with Crippen LogP contribution in [-0.2, 0) is 0 Å². The minimum absolute atomic E-state index is 0.134. The van der Waals surface area contributed by atoms with Crippen molar-refractivity contribution in [2.24, 2.45) is 20.5 Å². The Kier molecular flexibility index (Phi) is 8.05. The van der Waals surface area contributed by atoms with Crippen molar-refractivity contribution in [2.75, 3.05) is 14.2 Å². The Labute approximate surface area is 307 Å². The third kappa shape index (κ3) is 5.17. The van der Waals surface area contributed by atoms with Crippen LogP contribution in [0.4, 0.5) is 28.4 Å². The first-order valence-electron chi connectivity index (χ1n) is 16.5. The van der Waals surface area contributed by atoms with E-state index >= 15 is 0 Å². The molecule has 0 amide bonds. The lowest BCUT2D eigenvalue weighted by molar-refractivity contribution is 0.415. The lowest BCUT2D eigenvalue weighted by atomic mass is 10.0. The zero-order chi connectivity index (χ0) is 37.7. The molecule has 4 aromatic heterocycles. The zero-order valence-corrected chi connectivity index (χ0v) is 29.3. The minimum Gasteiger partial charge on any atom is -0.494 e. The molecule has 0 radical (unpaired) electrons. The molecule has 14 heteroatoms. The standard InChI is InChI=1S/C40H28N10O4/c1-21-25(20-41)37-43-26-10-6-8-12-30(26)49(37)39(51)35(21)47-45-28-16-14-23(18-32(28)53-4)24-15-17-29(33(19-24)54-5)46-48-36-22(2)34(42-3)38-44-27-11-7-9-13-31(27)50(38)40(36)52/h6-19,51-52H,1-2,4-5H3. The number of imidazole rings is 2. The fourth-order valence-electron chi connectivity index (χ4n) is 6.51. The highest BCUT2D eigenvalue weighted by molar-refractivity contribution is 5.91. The molecule has 0 aliphatic carbocycles. The van der Waals surface area contributed by atoms with E-state index < -0.39 is 0 Å². The molecule has 0 spiro atoms. The molecule has 0 unspecified atom stereocenters. The van der Waals surface area contributed by atoms with Gasteiger partial charge in [-0.25, -0.2) is 14.8 Å². The second-order valence-electron chi connectivity index (χ2n) is 12.2. The van der Waals surface area contributed by atoms with E-state index in [0.717, 1.165) is 11.1 Å². The minimum atomic E-state index is -0.188. The number of ether oxygens (including phenoxy) is 2. The van der Waals surface area contributed by atoms with E-state index in [4.69, 9.17) is 16.0 Å². The number of azo groups is 2. The lowest BCUT2D eigenvalue weighted by Gasteiger charge is -2.11. The van der Waals surface area contributed by atoms with Crippen molar-refractivity contribution in [3.05, 3.63) is 113 Å². The third-order valence-electron chi connectivity index (χ3n) is 9.28. The first kappa shape index (κ1) is 33.3. The number of fused-ring (bicyclic) bond motifs is 6. The van der Waals surface area contributed by atoms with Crippen LogP contribution >= 0.6 is 0 Å². The van der Waals surface area contributed by atoms with Crippen LogP contribution in [0.1, 0.15) is 16.7 Å². The monoisotopic (exact) mass is 712 g/mol. The predicted octanol–water partition coefficient (Wildman–Crippen LogP) is 10.3. The molecule has 8 rings (SSSR count). The number of nitriles is 1. The van der Waals surface area contributed by atoms with Crippen molar-refractivity contribution in [1.82, 2.24) is 18.8 Å². The van der Waals surface area contributed by atoms with Crippen LogP contribution in [0, 0.1) is 31.8 Å². The Balaban J connectivity index is 1.13. The number of para-hydroxylation sites is 4. The highest BCUT2D eigenvalue weighted by Crippen LogP contribution is 2.44. The van der Waals surface area contributed by atoms with Gasteiger partial charge in [-0.1, -0.05) is 36.4 Å². The average Bonchev–Trinajstić information content (AvgIpc) is 3.77. The van der Waals surface area contributed by atoms with Gasteiger partial charge in [0.2, 0.25) is 17.4 Å². The highest BCUT2D eigenvalue weighted by atomic mass is 16.5. The summed E-state index contributed by atoms with van der Waals surface area (Å²) in [5.41, 5.74) is 7.28. The van der Waals surface area contributed by atoms with Gasteiger partial charge >= 0.3 is 0 Å². The maximum atomic E-state index is 11.3. The highest BCUT2D eigenvalue weighted by Gasteiger charge is 2.22. The molecule has 4 aromatic carbocycles. The molecular formula is C40H28N10O4. The summed E-state index contributed by atoms with van der Waals surface area (Å²) in [5, 5.41) is 50.2. The molecule has 2 N–H and O–H groups in total. The van der Waals surface area contributed by atoms with Crippen molar-refractivity contribution in [2.45, 2.75) is 13.8 Å². The summed E-state index contributed by atoms with van der Waals surface area (Å²) < 4.78 is 14.4. The molecule has 54 heavy (non-hydrogen) atoms. The second kappa shape index (κ2) is 13.0. The quantitative estimate of drug-likeness (QED) is 0.122. The predicted molar refractivity (Wildman–Crippen MR) is 203 cm³/mol. The van der Waals surface area contributed by atoms with Gasteiger partial charge < -0.3 is 19.7 Å². The Morgan fingerprint density at radius 1 is 0.685 bits per heavy atom. The van der Waals surface area contributed by atoms with Crippen LogP contribution in [-0.4, -0.2) is 43.2 Å². The molecule has 14 nitrogen and oxygen atoms in total. The van der Waals surface area contributed by atoms with Gasteiger partial charge in [-0.15, -0.1) is 20.5 Å². The summed E-state index contributed by atoms with van der Waals surface area (Å²) in [6, 6.07) is 27.5. The van der Waals surface area contributed by atoms with Crippen molar-refractivity contribution in [1.29, 1.82) is 5.26 Å². The molecule has 0 fully saturated rings. The molecule has 0 saturated carbocycles. The summed E-state index contributed by atoms with van der Waals surface area (Å²) in [7, 11) is 3.04. The normalized spacial score (nSPS) is 11.7. The smallest absolute Gasteiger partial charge is 0.234 e. The fraction of sp³-hybridized carbons (Fsp3) is 0.100. The van der Waals surface area contributed by atoms with Crippen LogP contribution in [0.15, 0.2) is 105 Å². The number of benzene rings is 4. The summed E-state index contributed by atoms with van der Waals surface area (Å²) in [4.78, 5) is 12.8. The van der Waals surface area contributed by atoms with Crippen molar-refractivity contribution < 1.29 is 19.7 Å². The summed E-state index contributed by atoms with van der Waals surface area (Å²) >= 11 is 0. The lowest BCUT2D eigenvalue weighted by Crippen LogP contribution is -1.95. The topological polar surface area (TPSA) is 171 Å². The number of hydrogen-bond donors (Lipinski definition) is 2. The second-order valence-corrected chi connectivity index (χ2v) is 12.2. The molecule has 4 heterocycles. The summed E-state index contributed by atoms with van der Waals surface area (Å²) in [6.45, 7) is 11.2. The summed E-state index contributed by atoms with van der Waals surface area (Å²) in [6.07, 6.45) is 0. The maximum absolute atomic E-state index is 11.3. The molecule has 0 saturated heterocycles. The van der Waals surface area contributed by atoms with Crippen LogP contribution in [0.3, 0.4) is 0 Å². The van der Waals surface area contributed by atoms with Gasteiger partial charge in [0.25, 0.3) is 0 Å². The number of aromatic nitrogens is 4. The Morgan fingerprint density at radius 2 is 1.17 bits per heavy atom. The zero-order valence-electron chi connectivity index (χ0n) is 29.3. The number of aromatic hydroxyl groups is 2. The first-order chi connectivity index (χ1) is 26.3. The van der Waals surface area contributed by atoms with E-state index in [2.05, 4.69) is 41.3 Å². The van der Waals surface area contributed by atoms with Crippen LogP contribution in [0.2, 0.25) is 0 Å². The van der Waals surface area contributed by atoms with Crippen molar-refractivity contribution in [3.63, 3.8) is 0 Å². The molecule has 8 aromatic rings. The van der Waals surface area contributed by atoms with Gasteiger partial charge in [0.15, 0.2) is 11.3 Å². The van der Waals surface area contributed by atoms with E-state index in [1.54, 1.807) is 44.2 Å².